The molecule has 0 saturated heterocycles. The van der Waals surface area contributed by atoms with Crippen LogP contribution >= 0.6 is 34.5 Å². The summed E-state index contributed by atoms with van der Waals surface area (Å²) in [5.41, 5.74) is 1.75. The van der Waals surface area contributed by atoms with Gasteiger partial charge in [0.15, 0.2) is 0 Å². The summed E-state index contributed by atoms with van der Waals surface area (Å²) in [4.78, 5) is 32.7. The summed E-state index contributed by atoms with van der Waals surface area (Å²) in [6.07, 6.45) is 2.26. The van der Waals surface area contributed by atoms with E-state index in [0.717, 1.165) is 22.2 Å². The fourth-order valence-electron chi connectivity index (χ4n) is 3.57. The fraction of sp³-hybridized carbons (Fsp3) is 0.227. The fourth-order valence-corrected chi connectivity index (χ4v) is 5.17. The molecule has 4 rings (SSSR count). The van der Waals surface area contributed by atoms with Crippen LogP contribution in [0.3, 0.4) is 0 Å². The summed E-state index contributed by atoms with van der Waals surface area (Å²) in [7, 11) is 0. The Balaban J connectivity index is 1.68. The second-order valence-electron chi connectivity index (χ2n) is 6.99. The van der Waals surface area contributed by atoms with Gasteiger partial charge in [-0.25, -0.2) is 14.2 Å². The number of carbonyl (C=O) groups excluding carboxylic acids is 2. The van der Waals surface area contributed by atoms with E-state index in [0.29, 0.717) is 35.2 Å². The number of thiophene rings is 1. The third-order valence-corrected chi connectivity index (χ3v) is 6.70. The van der Waals surface area contributed by atoms with Gasteiger partial charge in [0.1, 0.15) is 16.0 Å². The molecule has 1 amide bonds. The van der Waals surface area contributed by atoms with Gasteiger partial charge in [-0.15, -0.1) is 11.3 Å². The Labute approximate surface area is 197 Å². The van der Waals surface area contributed by atoms with Crippen LogP contribution in [0.1, 0.15) is 38.1 Å². The van der Waals surface area contributed by atoms with Gasteiger partial charge in [-0.1, -0.05) is 29.3 Å². The van der Waals surface area contributed by atoms with Crippen molar-refractivity contribution in [2.24, 2.45) is 0 Å². The average Bonchev–Trinajstić information content (AvgIpc) is 3.11. The molecule has 3 aromatic rings. The number of ether oxygens (including phenoxy) is 1. The minimum absolute atomic E-state index is 0.0112. The smallest absolute Gasteiger partial charge is 0.341 e. The van der Waals surface area contributed by atoms with Crippen LogP contribution in [0.15, 0.2) is 36.5 Å². The van der Waals surface area contributed by atoms with Crippen LogP contribution in [0.5, 0.6) is 0 Å². The van der Waals surface area contributed by atoms with Crippen molar-refractivity contribution in [3.05, 3.63) is 74.1 Å². The first-order chi connectivity index (χ1) is 15.4. The number of carbonyl (C=O) groups is 2. The van der Waals surface area contributed by atoms with E-state index in [1.54, 1.807) is 19.2 Å². The molecule has 0 spiro atoms. The van der Waals surface area contributed by atoms with Gasteiger partial charge < -0.3 is 15.0 Å². The van der Waals surface area contributed by atoms with Gasteiger partial charge >= 0.3 is 5.97 Å². The van der Waals surface area contributed by atoms with Crippen LogP contribution in [0.25, 0.3) is 0 Å². The minimum Gasteiger partial charge on any atom is -0.462 e. The van der Waals surface area contributed by atoms with Crippen molar-refractivity contribution < 1.29 is 18.7 Å². The van der Waals surface area contributed by atoms with Crippen molar-refractivity contribution in [2.45, 2.75) is 19.9 Å². The number of fused-ring (bicyclic) bond motifs is 1. The summed E-state index contributed by atoms with van der Waals surface area (Å²) < 4.78 is 19.5. The third kappa shape index (κ3) is 4.44. The maximum atomic E-state index is 14.2. The largest absolute Gasteiger partial charge is 0.462 e. The van der Waals surface area contributed by atoms with Crippen LogP contribution in [0, 0.1) is 5.82 Å². The van der Waals surface area contributed by atoms with Crippen molar-refractivity contribution in [1.82, 2.24) is 4.98 Å². The Kier molecular flexibility index (Phi) is 6.64. The highest BCUT2D eigenvalue weighted by Gasteiger charge is 2.30. The Morgan fingerprint density at radius 2 is 2.06 bits per heavy atom. The molecule has 32 heavy (non-hydrogen) atoms. The molecule has 0 aliphatic carbocycles. The molecule has 0 unspecified atom stereocenters. The summed E-state index contributed by atoms with van der Waals surface area (Å²) in [5, 5.41) is 3.38. The quantitative estimate of drug-likeness (QED) is 0.371. The molecule has 0 radical (unpaired) electrons. The van der Waals surface area contributed by atoms with E-state index in [1.165, 1.54) is 23.5 Å². The summed E-state index contributed by atoms with van der Waals surface area (Å²) >= 11 is 13.2. The number of hydrogen-bond acceptors (Lipinski definition) is 6. The van der Waals surface area contributed by atoms with Gasteiger partial charge in [0, 0.05) is 11.4 Å². The summed E-state index contributed by atoms with van der Waals surface area (Å²) in [6, 6.07) is 7.61. The molecular formula is C22H18Cl2FN3O3S. The van der Waals surface area contributed by atoms with Crippen molar-refractivity contribution in [2.75, 3.05) is 23.4 Å². The monoisotopic (exact) mass is 493 g/mol. The van der Waals surface area contributed by atoms with E-state index in [-0.39, 0.29) is 17.2 Å². The number of esters is 1. The number of benzene rings is 1. The van der Waals surface area contributed by atoms with Gasteiger partial charge in [0.05, 0.1) is 41.2 Å². The molecule has 0 saturated carbocycles. The Hall–Kier alpha value is -2.68. The molecule has 0 atom stereocenters. The lowest BCUT2D eigenvalue weighted by molar-refractivity contribution is 0.0526. The number of halogens is 3. The average molecular weight is 494 g/mol. The zero-order valence-corrected chi connectivity index (χ0v) is 19.3. The molecule has 1 N–H and O–H groups in total. The minimum atomic E-state index is -0.740. The highest BCUT2D eigenvalue weighted by Crippen LogP contribution is 2.39. The molecule has 1 aliphatic rings. The lowest BCUT2D eigenvalue weighted by atomic mass is 10.0. The van der Waals surface area contributed by atoms with Crippen molar-refractivity contribution in [3.63, 3.8) is 0 Å². The maximum absolute atomic E-state index is 14.2. The summed E-state index contributed by atoms with van der Waals surface area (Å²) in [6.45, 7) is 3.07. The molecule has 2 aromatic heterocycles. The number of aromatic nitrogens is 1. The van der Waals surface area contributed by atoms with Crippen LogP contribution in [0.2, 0.25) is 10.2 Å². The zero-order valence-electron chi connectivity index (χ0n) is 17.0. The lowest BCUT2D eigenvalue weighted by Crippen LogP contribution is -2.30. The van der Waals surface area contributed by atoms with E-state index < -0.39 is 17.7 Å². The first-order valence-electron chi connectivity index (χ1n) is 9.82. The van der Waals surface area contributed by atoms with E-state index in [2.05, 4.69) is 15.2 Å². The second-order valence-corrected chi connectivity index (χ2v) is 8.89. The Morgan fingerprint density at radius 1 is 1.25 bits per heavy atom. The van der Waals surface area contributed by atoms with E-state index in [9.17, 15) is 14.0 Å². The number of anilines is 2. The van der Waals surface area contributed by atoms with Gasteiger partial charge in [-0.05, 0) is 43.2 Å². The Morgan fingerprint density at radius 3 is 2.75 bits per heavy atom. The predicted molar refractivity (Wildman–Crippen MR) is 124 cm³/mol. The highest BCUT2D eigenvalue weighted by atomic mass is 35.5. The predicted octanol–water partition coefficient (Wildman–Crippen LogP) is 5.58. The topological polar surface area (TPSA) is 71.5 Å². The first-order valence-corrected chi connectivity index (χ1v) is 11.4. The van der Waals surface area contributed by atoms with Crippen LogP contribution < -0.4 is 10.2 Å². The van der Waals surface area contributed by atoms with Gasteiger partial charge in [0.25, 0.3) is 5.91 Å². The molecule has 1 aromatic carbocycles. The van der Waals surface area contributed by atoms with Crippen LogP contribution in [-0.2, 0) is 17.7 Å². The SMILES string of the molecule is CCOC(=O)c1c(NC(=O)c2c(F)cccc2Cl)sc2c1CCN(c1ccc(Cl)nc1)C2. The van der Waals surface area contributed by atoms with Gasteiger partial charge in [0.2, 0.25) is 0 Å². The molecule has 6 nitrogen and oxygen atoms in total. The third-order valence-electron chi connectivity index (χ3n) is 5.03. The van der Waals surface area contributed by atoms with E-state index in [1.807, 2.05) is 6.07 Å². The highest BCUT2D eigenvalue weighted by molar-refractivity contribution is 7.17. The van der Waals surface area contributed by atoms with E-state index >= 15 is 0 Å². The van der Waals surface area contributed by atoms with E-state index in [4.69, 9.17) is 27.9 Å². The summed E-state index contributed by atoms with van der Waals surface area (Å²) in [5.74, 6) is -1.99. The van der Waals surface area contributed by atoms with Crippen molar-refractivity contribution in [1.29, 1.82) is 0 Å². The molecule has 1 aliphatic heterocycles. The number of nitrogens with zero attached hydrogens (tertiary/aromatic N) is 2. The van der Waals surface area contributed by atoms with Gasteiger partial charge in [-0.2, -0.15) is 0 Å². The lowest BCUT2D eigenvalue weighted by Gasteiger charge is -2.28. The Bertz CT molecular complexity index is 1160. The van der Waals surface area contributed by atoms with Crippen molar-refractivity contribution >= 4 is 57.1 Å². The molecule has 166 valence electrons. The zero-order chi connectivity index (χ0) is 22.8. The number of hydrogen-bond donors (Lipinski definition) is 1. The van der Waals surface area contributed by atoms with Crippen LogP contribution in [-0.4, -0.2) is 30.0 Å². The molecule has 3 heterocycles. The first kappa shape index (κ1) is 22.5. The molecular weight excluding hydrogens is 476 g/mol. The molecule has 0 bridgehead atoms. The second kappa shape index (κ2) is 9.44. The van der Waals surface area contributed by atoms with Crippen LogP contribution in [0.4, 0.5) is 15.1 Å². The number of amides is 1. The van der Waals surface area contributed by atoms with Gasteiger partial charge in [-0.3, -0.25) is 4.79 Å². The number of nitrogens with one attached hydrogen (secondary N) is 1. The van der Waals surface area contributed by atoms with Crippen molar-refractivity contribution in [3.8, 4) is 0 Å². The molecule has 0 fully saturated rings. The molecule has 10 heteroatoms. The number of pyridine rings is 1. The normalized spacial score (nSPS) is 12.9. The maximum Gasteiger partial charge on any atom is 0.341 e. The standard InChI is InChI=1S/C22H18Cl2FN3O3S/c1-2-31-22(30)18-13-8-9-28(12-6-7-17(24)26-10-12)11-16(13)32-21(18)27-20(29)19-14(23)4-3-5-15(19)25/h3-7,10H,2,8-9,11H2,1H3,(H,27,29). The number of rotatable bonds is 5.